The van der Waals surface area contributed by atoms with Crippen LogP contribution in [0.4, 0.5) is 0 Å². The van der Waals surface area contributed by atoms with Crippen molar-refractivity contribution in [2.24, 2.45) is 63.6 Å². The number of carboxylic acid groups (broad SMARTS) is 5. The van der Waals surface area contributed by atoms with E-state index in [1.165, 1.54) is 6.92 Å². The second-order valence-electron chi connectivity index (χ2n) is 15.2. The molecule has 22 N–H and O–H groups in total. The first-order valence-electron chi connectivity index (χ1n) is 20.1. The number of amides is 1. The highest BCUT2D eigenvalue weighted by atomic mass is 32.2. The molecule has 1 heterocycles. The Morgan fingerprint density at radius 1 is 0.656 bits per heavy atom. The number of carbonyl (C=O) groups excluding carboxylic acids is 4. The maximum absolute atomic E-state index is 11.4. The molecular formula is C38H77N9O16S. The molecule has 26 heteroatoms. The lowest BCUT2D eigenvalue weighted by Gasteiger charge is -2.19. The molecule has 0 unspecified atom stereocenters. The maximum Gasteiger partial charge on any atom is 0.330 e. The number of nitrogens with one attached hydrogen (secondary N) is 1. The number of esters is 3. The van der Waals surface area contributed by atoms with Gasteiger partial charge < -0.3 is 86.2 Å². The second kappa shape index (κ2) is 40.0. The standard InChI is InChI=1S/C11H22N2O3S.C9H16N2O4.C6H13NO2.C5H10N2O3.C5H11NO2.C2H5NO2/c1-7(2)6-9(13)11(15)16-10(14)8(12)4-5-17-3;1-5(7(10)8(12)13)15-9(14)6-3-2-4-11-6;1-4(2)3-5(7)6(8)9;6-3(5(9)10)1-2-4(7)8;1-3(2)4(6)5(7)8;3-1-2(4)5/h7-9H,4-6,12-13H2,1-3H3;5-7,11H,2-4,10H2,1H3,(H,12,13);4-5H,3,7H2,1-2H3,(H,8,9);3H,1-2,6H2,(H2,7,8)(H,9,10);3-4H,6H2,1-2H3,(H,7,8);1,3H2,(H,4,5)/t8-,9-;5-,6+,7+;5-;3-;4-;/m01000./s1. The third kappa shape index (κ3) is 42.7. The fourth-order valence-corrected chi connectivity index (χ4v) is 4.45. The Bertz CT molecular complexity index is 1390. The topological polar surface area (TPSA) is 493 Å². The molecule has 0 aliphatic carbocycles. The van der Waals surface area contributed by atoms with Gasteiger partial charge in [0.05, 0.1) is 6.54 Å². The Kier molecular flexibility index (Phi) is 42.8. The zero-order valence-electron chi connectivity index (χ0n) is 38.2. The largest absolute Gasteiger partial charge is 0.480 e. The molecule has 0 bridgehead atoms. The monoisotopic (exact) mass is 948 g/mol. The van der Waals surface area contributed by atoms with Crippen molar-refractivity contribution in [2.45, 2.75) is 142 Å². The average molecular weight is 948 g/mol. The van der Waals surface area contributed by atoms with Gasteiger partial charge in [0.1, 0.15) is 48.4 Å². The normalized spacial score (nSPS) is 15.8. The second-order valence-corrected chi connectivity index (χ2v) is 16.2. The Balaban J connectivity index is -0.000000226. The van der Waals surface area contributed by atoms with Crippen LogP contribution in [0.3, 0.4) is 0 Å². The molecule has 0 radical (unpaired) electrons. The first-order valence-corrected chi connectivity index (χ1v) is 21.5. The molecule has 376 valence electrons. The molecule has 0 spiro atoms. The minimum atomic E-state index is -1.17. The van der Waals surface area contributed by atoms with Crippen molar-refractivity contribution in [3.8, 4) is 0 Å². The molecule has 1 fully saturated rings. The molecule has 64 heavy (non-hydrogen) atoms. The van der Waals surface area contributed by atoms with E-state index < -0.39 is 96.0 Å². The highest BCUT2D eigenvalue weighted by molar-refractivity contribution is 7.98. The van der Waals surface area contributed by atoms with Crippen molar-refractivity contribution in [3.05, 3.63) is 0 Å². The van der Waals surface area contributed by atoms with Crippen molar-refractivity contribution in [1.82, 2.24) is 5.32 Å². The number of thioether (sulfide) groups is 1. The smallest absolute Gasteiger partial charge is 0.330 e. The lowest BCUT2D eigenvalue weighted by Crippen LogP contribution is -2.45. The van der Waals surface area contributed by atoms with Gasteiger partial charge in [-0.25, -0.2) is 9.59 Å². The summed E-state index contributed by atoms with van der Waals surface area (Å²) in [6.45, 7) is 13.3. The molecule has 0 saturated carbocycles. The first kappa shape index (κ1) is 68.5. The van der Waals surface area contributed by atoms with Crippen LogP contribution < -0.4 is 51.2 Å². The van der Waals surface area contributed by atoms with Gasteiger partial charge in [-0.15, -0.1) is 0 Å². The highest BCUT2D eigenvalue weighted by Crippen LogP contribution is 2.09. The van der Waals surface area contributed by atoms with E-state index in [1.54, 1.807) is 25.6 Å². The third-order valence-electron chi connectivity index (χ3n) is 7.84. The van der Waals surface area contributed by atoms with E-state index in [9.17, 15) is 43.2 Å². The summed E-state index contributed by atoms with van der Waals surface area (Å²) in [5.41, 5.74) is 41.2. The molecule has 1 rings (SSSR count). The number of carboxylic acids is 5. The number of hydrogen-bond acceptors (Lipinski definition) is 20. The van der Waals surface area contributed by atoms with E-state index >= 15 is 0 Å². The predicted molar refractivity (Wildman–Crippen MR) is 238 cm³/mol. The van der Waals surface area contributed by atoms with E-state index in [0.29, 0.717) is 25.2 Å². The molecule has 0 aromatic heterocycles. The molecule has 25 nitrogen and oxygen atoms in total. The van der Waals surface area contributed by atoms with Gasteiger partial charge in [0.25, 0.3) is 0 Å². The molecular weight excluding hydrogens is 871 g/mol. The minimum Gasteiger partial charge on any atom is -0.480 e. The minimum absolute atomic E-state index is 0.0208. The van der Waals surface area contributed by atoms with Crippen LogP contribution in [0.5, 0.6) is 0 Å². The van der Waals surface area contributed by atoms with Gasteiger partial charge in [0.2, 0.25) is 5.91 Å². The van der Waals surface area contributed by atoms with Crippen molar-refractivity contribution in [1.29, 1.82) is 0 Å². The van der Waals surface area contributed by atoms with Gasteiger partial charge in [0.15, 0.2) is 0 Å². The number of hydrogen-bond donors (Lipinski definition) is 14. The van der Waals surface area contributed by atoms with Crippen LogP contribution in [-0.2, 0) is 52.6 Å². The Morgan fingerprint density at radius 3 is 1.39 bits per heavy atom. The van der Waals surface area contributed by atoms with Crippen molar-refractivity contribution in [2.75, 3.05) is 25.1 Å². The molecule has 1 saturated heterocycles. The summed E-state index contributed by atoms with van der Waals surface area (Å²) in [5.74, 6) is -6.02. The van der Waals surface area contributed by atoms with Gasteiger partial charge in [-0.1, -0.05) is 41.5 Å². The van der Waals surface area contributed by atoms with Gasteiger partial charge in [-0.2, -0.15) is 11.8 Å². The number of nitrogens with two attached hydrogens (primary N) is 8. The maximum atomic E-state index is 11.4. The van der Waals surface area contributed by atoms with Gasteiger partial charge in [-0.3, -0.25) is 33.6 Å². The van der Waals surface area contributed by atoms with Crippen LogP contribution >= 0.6 is 11.8 Å². The number of aliphatic carboxylic acids is 5. The number of carbonyl (C=O) groups is 9. The molecule has 1 amide bonds. The number of ether oxygens (including phenoxy) is 2. The fourth-order valence-electron chi connectivity index (χ4n) is 3.96. The van der Waals surface area contributed by atoms with E-state index in [1.807, 2.05) is 34.0 Å². The van der Waals surface area contributed by atoms with Crippen molar-refractivity contribution in [3.63, 3.8) is 0 Å². The van der Waals surface area contributed by atoms with Crippen LogP contribution in [0.25, 0.3) is 0 Å². The van der Waals surface area contributed by atoms with Gasteiger partial charge in [0, 0.05) is 6.42 Å². The summed E-state index contributed by atoms with van der Waals surface area (Å²) >= 11 is 1.58. The van der Waals surface area contributed by atoms with Crippen molar-refractivity contribution >= 4 is 65.4 Å². The summed E-state index contributed by atoms with van der Waals surface area (Å²) < 4.78 is 9.58. The molecule has 1 aliphatic rings. The highest BCUT2D eigenvalue weighted by Gasteiger charge is 2.29. The summed E-state index contributed by atoms with van der Waals surface area (Å²) in [5, 5.41) is 43.9. The molecule has 1 aliphatic heterocycles. The fraction of sp³-hybridized carbons (Fsp3) is 0.763. The summed E-state index contributed by atoms with van der Waals surface area (Å²) in [4.78, 5) is 94.3. The van der Waals surface area contributed by atoms with Gasteiger partial charge >= 0.3 is 47.8 Å². The summed E-state index contributed by atoms with van der Waals surface area (Å²) in [7, 11) is 0. The molecule has 0 aromatic carbocycles. The van der Waals surface area contributed by atoms with Gasteiger partial charge in [-0.05, 0) is 81.8 Å². The zero-order chi connectivity index (χ0) is 51.4. The van der Waals surface area contributed by atoms with E-state index in [-0.39, 0.29) is 37.3 Å². The lowest BCUT2D eigenvalue weighted by molar-refractivity contribution is -0.162. The van der Waals surface area contributed by atoms with E-state index in [2.05, 4.69) is 15.8 Å². The van der Waals surface area contributed by atoms with E-state index in [4.69, 9.17) is 70.4 Å². The lowest BCUT2D eigenvalue weighted by atomic mass is 10.1. The van der Waals surface area contributed by atoms with E-state index in [0.717, 1.165) is 25.1 Å². The number of primary amides is 1. The summed E-state index contributed by atoms with van der Waals surface area (Å²) in [6, 6.07) is -5.37. The predicted octanol–water partition coefficient (Wildman–Crippen LogP) is -2.22. The third-order valence-corrected chi connectivity index (χ3v) is 8.49. The van der Waals surface area contributed by atoms with Crippen LogP contribution in [0, 0.1) is 17.8 Å². The summed E-state index contributed by atoms with van der Waals surface area (Å²) in [6.07, 6.45) is 4.43. The van der Waals surface area contributed by atoms with Crippen LogP contribution in [0.1, 0.15) is 93.4 Å². The zero-order valence-corrected chi connectivity index (χ0v) is 39.0. The number of rotatable bonds is 21. The average Bonchev–Trinajstić information content (AvgIpc) is 3.74. The SMILES string of the molecule is CC(C)C[C@H](N)C(=O)O.CC(C)[C@H](N)C(=O)O.CSCC[C@H](N)C(=O)OC(=O)[C@@H](N)CC(C)C.C[C@@H](OC(=O)[C@@H]1CCCN1)[C@H](N)C(=O)O.NC(=O)CC[C@H](N)C(=O)O.NCC(=O)O. The first-order chi connectivity index (χ1) is 29.3. The Morgan fingerprint density at radius 2 is 1.09 bits per heavy atom. The van der Waals surface area contributed by atoms with Crippen LogP contribution in [0.2, 0.25) is 0 Å². The van der Waals surface area contributed by atoms with Crippen LogP contribution in [0.15, 0.2) is 0 Å². The molecule has 0 aromatic rings. The Hall–Kier alpha value is -4.54. The quantitative estimate of drug-likeness (QED) is 0.0428. The Labute approximate surface area is 378 Å². The van der Waals surface area contributed by atoms with Crippen LogP contribution in [-0.4, -0.2) is 153 Å². The van der Waals surface area contributed by atoms with Crippen molar-refractivity contribution < 1.29 is 78.2 Å². The molecule has 8 atom stereocenters.